The molecule has 0 unspecified atom stereocenters. The number of rotatable bonds is 22. The van der Waals surface area contributed by atoms with E-state index in [9.17, 15) is 0 Å². The Balaban J connectivity index is 0.000000131. The Morgan fingerprint density at radius 3 is 0.585 bits per heavy atom. The van der Waals surface area contributed by atoms with E-state index >= 15 is 0 Å². The van der Waals surface area contributed by atoms with Crippen LogP contribution in [0.1, 0.15) is 33.4 Å². The van der Waals surface area contributed by atoms with Gasteiger partial charge >= 0.3 is 0 Å². The van der Waals surface area contributed by atoms with E-state index in [0.29, 0.717) is 0 Å². The molecular weight excluding hydrogens is 1480 g/mol. The summed E-state index contributed by atoms with van der Waals surface area (Å²) in [6.07, 6.45) is 12.9. The molecule has 0 radical (unpaired) electrons. The summed E-state index contributed by atoms with van der Waals surface area (Å²) >= 11 is 0. The minimum Gasteiger partial charge on any atom is -0.310 e. The van der Waals surface area contributed by atoms with Crippen LogP contribution in [0.2, 0.25) is 0 Å². The predicted octanol–water partition coefficient (Wildman–Crippen LogP) is 33.6. The highest BCUT2D eigenvalue weighted by atomic mass is 15.2. The lowest BCUT2D eigenvalue weighted by molar-refractivity contribution is 1.28. The highest BCUT2D eigenvalue weighted by molar-refractivity contribution is 5.91. The number of hydrogen-bond acceptors (Lipinski definition) is 3. The average molecular weight is 1580 g/mol. The monoisotopic (exact) mass is 1570 g/mol. The Labute approximate surface area is 724 Å². The minimum atomic E-state index is 1.11. The molecule has 0 aliphatic rings. The first-order chi connectivity index (χ1) is 61.0. The van der Waals surface area contributed by atoms with Crippen LogP contribution in [-0.2, 0) is 0 Å². The largest absolute Gasteiger partial charge is 0.310 e. The van der Waals surface area contributed by atoms with Crippen molar-refractivity contribution in [3.63, 3.8) is 0 Å². The first-order valence-electron chi connectivity index (χ1n) is 41.9. The van der Waals surface area contributed by atoms with Crippen molar-refractivity contribution in [2.45, 2.75) is 0 Å². The Morgan fingerprint density at radius 1 is 0.114 bits per heavy atom. The first kappa shape index (κ1) is 79.3. The zero-order valence-electron chi connectivity index (χ0n) is 68.4. The lowest BCUT2D eigenvalue weighted by Crippen LogP contribution is -2.11. The van der Waals surface area contributed by atoms with Crippen LogP contribution in [-0.4, -0.2) is 0 Å². The van der Waals surface area contributed by atoms with Crippen molar-refractivity contribution in [1.82, 2.24) is 0 Å². The average Bonchev–Trinajstić information content (AvgIpc) is 0.792. The molecule has 0 saturated carbocycles. The van der Waals surface area contributed by atoms with Crippen LogP contribution in [0, 0.1) is 0 Å². The molecule has 0 aliphatic heterocycles. The maximum atomic E-state index is 2.36. The van der Waals surface area contributed by atoms with Gasteiger partial charge in [0, 0.05) is 51.1 Å². The molecule has 0 bridgehead atoms. The zero-order chi connectivity index (χ0) is 82.8. The summed E-state index contributed by atoms with van der Waals surface area (Å²) < 4.78 is 0. The summed E-state index contributed by atoms with van der Waals surface area (Å²) in [7, 11) is 0. The third-order valence-corrected chi connectivity index (χ3v) is 21.8. The molecule has 0 atom stereocenters. The molecule has 0 spiro atoms. The highest BCUT2D eigenvalue weighted by Crippen LogP contribution is 2.44. The second-order valence-corrected chi connectivity index (χ2v) is 30.0. The van der Waals surface area contributed by atoms with Crippen molar-refractivity contribution in [1.29, 1.82) is 0 Å². The number of para-hydroxylation sites is 1. The van der Waals surface area contributed by atoms with E-state index in [0.717, 1.165) is 56.7 Å². The van der Waals surface area contributed by atoms with Crippen molar-refractivity contribution < 1.29 is 0 Å². The third-order valence-electron chi connectivity index (χ3n) is 21.8. The van der Waals surface area contributed by atoms with Crippen LogP contribution < -0.4 is 14.7 Å². The smallest absolute Gasteiger partial charge is 0.0540 e. The molecule has 19 aromatic rings. The zero-order valence-corrected chi connectivity index (χ0v) is 68.4. The van der Waals surface area contributed by atoms with Gasteiger partial charge in [0.25, 0.3) is 0 Å². The SMILES string of the molecule is C(=C\c1ccc(N(c2ccc(-c3ccc(-c4ccccc4)cc3)cc2)c2ccccc2-c2ccccc2)cc1)/c1ccccc1.C(=C\c1ccc(N(c2ccc(-c3ccccc3)cc2)c2cccc(-c3ccccc3)c2)cc1)/c1ccccc1.C(=C\c1ccc(N(c2cccc(-c3ccccc3)c2)c2cccc(-c3ccccc3)c2)cc1)/c1ccccc1. The van der Waals surface area contributed by atoms with Crippen molar-refractivity contribution in [2.24, 2.45) is 0 Å². The molecule has 0 aromatic heterocycles. The quantitative estimate of drug-likeness (QED) is 0.0626. The molecule has 0 heterocycles. The van der Waals surface area contributed by atoms with Gasteiger partial charge in [0.1, 0.15) is 0 Å². The summed E-state index contributed by atoms with van der Waals surface area (Å²) in [6.45, 7) is 0. The second kappa shape index (κ2) is 39.8. The standard InChI is InChI=1S/C44H33N.2C38H29N/c1-4-12-34(13-5-1)20-21-35-22-30-41(31-23-35)45(44-19-11-10-18-43(44)40-16-8-3-9-17-40)42-32-28-39(29-33-42)38-26-24-37(25-27-38)36-14-6-2-7-15-36;1-4-12-30(13-5-1)22-23-31-24-26-36(27-25-31)39(37-20-10-18-34(28-37)32-14-6-2-7-15-32)38-21-11-19-35(29-38)33-16-8-3-9-17-33;1-4-11-30(12-5-1)19-20-31-21-25-36(26-22-31)39(37-27-23-34(24-28-37)32-13-6-2-7-14-32)38-18-10-17-35(29-38)33-15-8-3-9-16-33/h1-33H;2*1-29H/b21-20+;23-22+;20-19+. The van der Waals surface area contributed by atoms with Crippen LogP contribution >= 0.6 is 0 Å². The van der Waals surface area contributed by atoms with Gasteiger partial charge in [-0.3, -0.25) is 0 Å². The summed E-state index contributed by atoms with van der Waals surface area (Å²) in [5.41, 5.74) is 34.0. The predicted molar refractivity (Wildman–Crippen MR) is 528 cm³/mol. The molecular formula is C120H91N3. The van der Waals surface area contributed by atoms with Gasteiger partial charge < -0.3 is 14.7 Å². The number of anilines is 9. The maximum absolute atomic E-state index is 2.36. The topological polar surface area (TPSA) is 9.72 Å². The van der Waals surface area contributed by atoms with E-state index in [1.165, 1.54) is 106 Å². The Morgan fingerprint density at radius 2 is 0.301 bits per heavy atom. The molecule has 586 valence electrons. The third kappa shape index (κ3) is 20.5. The summed E-state index contributed by atoms with van der Waals surface area (Å²) in [4.78, 5) is 7.02. The Hall–Kier alpha value is -16.2. The van der Waals surface area contributed by atoms with Gasteiger partial charge in [-0.25, -0.2) is 0 Å². The van der Waals surface area contributed by atoms with E-state index in [2.05, 4.69) is 549 Å². The van der Waals surface area contributed by atoms with E-state index in [1.807, 2.05) is 18.2 Å². The molecule has 19 rings (SSSR count). The summed E-state index contributed by atoms with van der Waals surface area (Å²) in [6, 6.07) is 182. The summed E-state index contributed by atoms with van der Waals surface area (Å²) in [5.74, 6) is 0. The molecule has 0 N–H and O–H groups in total. The lowest BCUT2D eigenvalue weighted by Gasteiger charge is -2.28. The highest BCUT2D eigenvalue weighted by Gasteiger charge is 2.20. The van der Waals surface area contributed by atoms with Gasteiger partial charge in [-0.1, -0.05) is 449 Å². The Bertz CT molecular complexity index is 6530. The fourth-order valence-corrected chi connectivity index (χ4v) is 15.4. The van der Waals surface area contributed by atoms with Gasteiger partial charge in [0.15, 0.2) is 0 Å². The second-order valence-electron chi connectivity index (χ2n) is 30.0. The van der Waals surface area contributed by atoms with Crippen LogP contribution in [0.25, 0.3) is 114 Å². The maximum Gasteiger partial charge on any atom is 0.0540 e. The molecule has 0 fully saturated rings. The fourth-order valence-electron chi connectivity index (χ4n) is 15.4. The van der Waals surface area contributed by atoms with Crippen LogP contribution in [0.4, 0.5) is 51.2 Å². The number of hydrogen-bond donors (Lipinski definition) is 0. The van der Waals surface area contributed by atoms with Crippen molar-refractivity contribution in [2.75, 3.05) is 14.7 Å². The van der Waals surface area contributed by atoms with E-state index in [1.54, 1.807) is 0 Å². The molecule has 123 heavy (non-hydrogen) atoms. The molecule has 0 amide bonds. The van der Waals surface area contributed by atoms with Crippen LogP contribution in [0.5, 0.6) is 0 Å². The fraction of sp³-hybridized carbons (Fsp3) is 0. The molecule has 0 aliphatic carbocycles. The van der Waals surface area contributed by atoms with E-state index in [-0.39, 0.29) is 0 Å². The van der Waals surface area contributed by atoms with Crippen molar-refractivity contribution in [3.05, 3.63) is 549 Å². The molecule has 3 heteroatoms. The number of nitrogens with zero attached hydrogens (tertiary/aromatic N) is 3. The number of benzene rings is 19. The van der Waals surface area contributed by atoms with Gasteiger partial charge in [-0.05, 0) is 209 Å². The van der Waals surface area contributed by atoms with Crippen molar-refractivity contribution in [3.8, 4) is 77.9 Å². The molecule has 19 aromatic carbocycles. The van der Waals surface area contributed by atoms with Crippen molar-refractivity contribution >= 4 is 87.6 Å². The van der Waals surface area contributed by atoms with E-state index in [4.69, 9.17) is 0 Å². The van der Waals surface area contributed by atoms with Gasteiger partial charge in [-0.15, -0.1) is 0 Å². The van der Waals surface area contributed by atoms with Gasteiger partial charge in [-0.2, -0.15) is 0 Å². The van der Waals surface area contributed by atoms with Gasteiger partial charge in [0.05, 0.1) is 5.69 Å². The van der Waals surface area contributed by atoms with Gasteiger partial charge in [0.2, 0.25) is 0 Å². The van der Waals surface area contributed by atoms with Crippen LogP contribution in [0.3, 0.4) is 0 Å². The lowest BCUT2D eigenvalue weighted by atomic mass is 9.99. The normalized spacial score (nSPS) is 11.0. The molecule has 3 nitrogen and oxygen atoms in total. The first-order valence-corrected chi connectivity index (χ1v) is 41.9. The molecule has 0 saturated heterocycles. The summed E-state index contributed by atoms with van der Waals surface area (Å²) in [5, 5.41) is 0. The minimum absolute atomic E-state index is 1.11. The van der Waals surface area contributed by atoms with Crippen LogP contribution in [0.15, 0.2) is 516 Å². The Kier molecular flexibility index (Phi) is 25.7. The van der Waals surface area contributed by atoms with E-state index < -0.39 is 0 Å².